The number of hydrogen-bond donors (Lipinski definition) is 1. The summed E-state index contributed by atoms with van der Waals surface area (Å²) in [6.45, 7) is 8.26. The van der Waals surface area contributed by atoms with Crippen molar-refractivity contribution in [3.8, 4) is 6.07 Å². The van der Waals surface area contributed by atoms with Crippen molar-refractivity contribution in [2.45, 2.75) is 63.5 Å². The Morgan fingerprint density at radius 3 is 2.46 bits per heavy atom. The maximum absolute atomic E-state index is 13.6. The number of nitrogens with two attached hydrogens (primary N) is 1. The SMILES string of the molecule is Cc1ccc(SCc2cc(C3C(C#N)=C(N)N(c4cc(Cl)ccc4C)C4=C3C(=O)CCC4)c(C)cc2C)cc1. The summed E-state index contributed by atoms with van der Waals surface area (Å²) in [4.78, 5) is 16.7. The Kier molecular flexibility index (Phi) is 7.62. The molecule has 3 aromatic carbocycles. The lowest BCUT2D eigenvalue weighted by molar-refractivity contribution is -0.116. The van der Waals surface area contributed by atoms with Crippen LogP contribution >= 0.6 is 23.4 Å². The van der Waals surface area contributed by atoms with E-state index in [1.165, 1.54) is 21.6 Å². The summed E-state index contributed by atoms with van der Waals surface area (Å²) < 4.78 is 0. The van der Waals surface area contributed by atoms with Crippen molar-refractivity contribution in [2.24, 2.45) is 5.73 Å². The minimum atomic E-state index is -0.489. The Labute approximate surface area is 240 Å². The maximum atomic E-state index is 13.6. The van der Waals surface area contributed by atoms with E-state index in [-0.39, 0.29) is 5.78 Å². The van der Waals surface area contributed by atoms with Gasteiger partial charge in [0.2, 0.25) is 0 Å². The third-order valence-corrected chi connectivity index (χ3v) is 9.07. The van der Waals surface area contributed by atoms with Crippen molar-refractivity contribution < 1.29 is 4.79 Å². The van der Waals surface area contributed by atoms with Crippen LogP contribution in [0.3, 0.4) is 0 Å². The van der Waals surface area contributed by atoms with Gasteiger partial charge in [0.05, 0.1) is 23.2 Å². The highest BCUT2D eigenvalue weighted by molar-refractivity contribution is 7.98. The van der Waals surface area contributed by atoms with Gasteiger partial charge in [0.15, 0.2) is 5.78 Å². The van der Waals surface area contributed by atoms with Crippen LogP contribution in [0, 0.1) is 39.0 Å². The fourth-order valence-electron chi connectivity index (χ4n) is 5.67. The second-order valence-electron chi connectivity index (χ2n) is 10.5. The average molecular weight is 554 g/mol. The van der Waals surface area contributed by atoms with E-state index in [1.807, 2.05) is 30.0 Å². The lowest BCUT2D eigenvalue weighted by Gasteiger charge is -2.40. The molecule has 1 heterocycles. The number of ketones is 1. The number of carbonyl (C=O) groups is 1. The first-order valence-corrected chi connectivity index (χ1v) is 14.6. The molecule has 1 aliphatic heterocycles. The number of aryl methyl sites for hydroxylation is 4. The van der Waals surface area contributed by atoms with Crippen molar-refractivity contribution in [3.63, 3.8) is 0 Å². The topological polar surface area (TPSA) is 70.1 Å². The third-order valence-electron chi connectivity index (χ3n) is 7.78. The van der Waals surface area contributed by atoms with Crippen LogP contribution in [0.2, 0.25) is 5.02 Å². The Bertz CT molecular complexity index is 1580. The zero-order chi connectivity index (χ0) is 27.8. The van der Waals surface area contributed by atoms with Crippen LogP contribution in [0.4, 0.5) is 5.69 Å². The fourth-order valence-corrected chi connectivity index (χ4v) is 6.80. The zero-order valence-corrected chi connectivity index (χ0v) is 24.3. The van der Waals surface area contributed by atoms with Crippen LogP contribution in [0.15, 0.2) is 82.2 Å². The second-order valence-corrected chi connectivity index (χ2v) is 12.0. The average Bonchev–Trinajstić information content (AvgIpc) is 2.90. The Balaban J connectivity index is 1.64. The highest BCUT2D eigenvalue weighted by atomic mass is 35.5. The predicted molar refractivity (Wildman–Crippen MR) is 161 cm³/mol. The molecule has 3 aromatic rings. The molecule has 0 amide bonds. The quantitative estimate of drug-likeness (QED) is 0.323. The molecular formula is C33H32ClN3OS. The molecule has 6 heteroatoms. The molecule has 1 aliphatic carbocycles. The summed E-state index contributed by atoms with van der Waals surface area (Å²) in [5, 5.41) is 11.1. The minimum Gasteiger partial charge on any atom is -0.384 e. The number of Topliss-reactive ketones (excluding diaryl/α,β-unsaturated/α-hetero) is 1. The smallest absolute Gasteiger partial charge is 0.161 e. The van der Waals surface area contributed by atoms with Gasteiger partial charge in [0.25, 0.3) is 0 Å². The van der Waals surface area contributed by atoms with E-state index in [0.29, 0.717) is 34.8 Å². The molecular weight excluding hydrogens is 522 g/mol. The van der Waals surface area contributed by atoms with Gasteiger partial charge in [-0.05, 0) is 92.6 Å². The minimum absolute atomic E-state index is 0.0849. The number of thioether (sulfide) groups is 1. The van der Waals surface area contributed by atoms with E-state index in [0.717, 1.165) is 40.2 Å². The summed E-state index contributed by atoms with van der Waals surface area (Å²) in [5.41, 5.74) is 16.2. The largest absolute Gasteiger partial charge is 0.384 e. The number of hydrogen-bond acceptors (Lipinski definition) is 5. The lowest BCUT2D eigenvalue weighted by atomic mass is 9.74. The van der Waals surface area contributed by atoms with Crippen LogP contribution < -0.4 is 10.6 Å². The van der Waals surface area contributed by atoms with Crippen LogP contribution in [-0.4, -0.2) is 5.78 Å². The van der Waals surface area contributed by atoms with Gasteiger partial charge in [0, 0.05) is 33.4 Å². The Morgan fingerprint density at radius 2 is 1.74 bits per heavy atom. The highest BCUT2D eigenvalue weighted by Crippen LogP contribution is 2.48. The van der Waals surface area contributed by atoms with Crippen molar-refractivity contribution in [1.82, 2.24) is 0 Å². The molecule has 0 saturated heterocycles. The number of rotatable bonds is 5. The highest BCUT2D eigenvalue weighted by Gasteiger charge is 2.41. The molecule has 0 spiro atoms. The fraction of sp³-hybridized carbons (Fsp3) is 0.273. The zero-order valence-electron chi connectivity index (χ0n) is 22.8. The van der Waals surface area contributed by atoms with Gasteiger partial charge in [0.1, 0.15) is 5.82 Å². The van der Waals surface area contributed by atoms with Gasteiger partial charge in [-0.3, -0.25) is 9.69 Å². The normalized spacial score (nSPS) is 17.4. The predicted octanol–water partition coefficient (Wildman–Crippen LogP) is 8.17. The van der Waals surface area contributed by atoms with Gasteiger partial charge in [-0.2, -0.15) is 5.26 Å². The monoisotopic (exact) mass is 553 g/mol. The molecule has 0 radical (unpaired) electrons. The lowest BCUT2D eigenvalue weighted by Crippen LogP contribution is -2.39. The molecule has 2 aliphatic rings. The molecule has 5 rings (SSSR count). The standard InChI is InChI=1S/C33H32ClN3OS/c1-19-8-12-25(13-9-19)39-18-23-15-26(22(4)14-21(23)3)31-27(17-35)33(36)37(28-6-5-7-30(38)32(28)31)29-16-24(34)11-10-20(29)2/h8-16,31H,5-7,18,36H2,1-4H3. The van der Waals surface area contributed by atoms with Crippen LogP contribution in [-0.2, 0) is 10.5 Å². The van der Waals surface area contributed by atoms with Crippen LogP contribution in [0.25, 0.3) is 0 Å². The maximum Gasteiger partial charge on any atom is 0.161 e. The van der Waals surface area contributed by atoms with Crippen molar-refractivity contribution >= 4 is 34.8 Å². The molecule has 39 heavy (non-hydrogen) atoms. The second kappa shape index (κ2) is 11.0. The molecule has 4 nitrogen and oxygen atoms in total. The van der Waals surface area contributed by atoms with Gasteiger partial charge in [-0.25, -0.2) is 0 Å². The van der Waals surface area contributed by atoms with Crippen LogP contribution in [0.1, 0.15) is 58.6 Å². The number of benzene rings is 3. The molecule has 2 N–H and O–H groups in total. The number of allylic oxidation sites excluding steroid dienone is 3. The van der Waals surface area contributed by atoms with E-state index < -0.39 is 5.92 Å². The first-order chi connectivity index (χ1) is 18.7. The van der Waals surface area contributed by atoms with Crippen molar-refractivity contribution in [3.05, 3.63) is 116 Å². The molecule has 1 atom stereocenters. The number of nitriles is 1. The van der Waals surface area contributed by atoms with Crippen molar-refractivity contribution in [2.75, 3.05) is 4.90 Å². The molecule has 0 saturated carbocycles. The van der Waals surface area contributed by atoms with Crippen LogP contribution in [0.5, 0.6) is 0 Å². The Hall–Kier alpha value is -3.46. The van der Waals surface area contributed by atoms with E-state index in [2.05, 4.69) is 63.2 Å². The van der Waals surface area contributed by atoms with Crippen molar-refractivity contribution in [1.29, 1.82) is 5.26 Å². The summed E-state index contributed by atoms with van der Waals surface area (Å²) in [6.07, 6.45) is 1.93. The summed E-state index contributed by atoms with van der Waals surface area (Å²) >= 11 is 8.17. The van der Waals surface area contributed by atoms with E-state index in [9.17, 15) is 10.1 Å². The van der Waals surface area contributed by atoms with Gasteiger partial charge in [-0.15, -0.1) is 11.8 Å². The first-order valence-electron chi connectivity index (χ1n) is 13.2. The summed E-state index contributed by atoms with van der Waals surface area (Å²) in [6, 6.07) is 20.9. The third kappa shape index (κ3) is 5.12. The van der Waals surface area contributed by atoms with E-state index in [1.54, 1.807) is 11.8 Å². The number of nitrogens with zero attached hydrogens (tertiary/aromatic N) is 2. The molecule has 1 unspecified atom stereocenters. The number of anilines is 1. The molecule has 0 bridgehead atoms. The van der Waals surface area contributed by atoms with Gasteiger partial charge >= 0.3 is 0 Å². The van der Waals surface area contributed by atoms with Gasteiger partial charge in [-0.1, -0.05) is 47.5 Å². The molecule has 0 aromatic heterocycles. The van der Waals surface area contributed by atoms with E-state index >= 15 is 0 Å². The van der Waals surface area contributed by atoms with Gasteiger partial charge < -0.3 is 5.73 Å². The molecule has 198 valence electrons. The number of carbonyl (C=O) groups excluding carboxylic acids is 1. The Morgan fingerprint density at radius 1 is 1.00 bits per heavy atom. The number of halogens is 1. The first kappa shape index (κ1) is 27.1. The van der Waals surface area contributed by atoms with E-state index in [4.69, 9.17) is 17.3 Å². The summed E-state index contributed by atoms with van der Waals surface area (Å²) in [5.74, 6) is 0.764. The summed E-state index contributed by atoms with van der Waals surface area (Å²) in [7, 11) is 0. The molecule has 0 fully saturated rings.